The summed E-state index contributed by atoms with van der Waals surface area (Å²) in [6.45, 7) is 7.75. The number of benzene rings is 1. The van der Waals surface area contributed by atoms with Crippen LogP contribution in [0.4, 0.5) is 5.69 Å². The Bertz CT molecular complexity index is 451. The van der Waals surface area contributed by atoms with Crippen LogP contribution in [0.5, 0.6) is 0 Å². The number of nitrogens with one attached hydrogen (secondary N) is 1. The number of anilines is 1. The largest absolute Gasteiger partial charge is 0.384 e. The molecular weight excluding hydrogens is 250 g/mol. The van der Waals surface area contributed by atoms with Crippen LogP contribution in [0.1, 0.15) is 37.0 Å². The minimum atomic E-state index is -0.372. The summed E-state index contributed by atoms with van der Waals surface area (Å²) in [5, 5.41) is 3.39. The number of nitrogens with two attached hydrogens (primary N) is 1. The van der Waals surface area contributed by atoms with Crippen LogP contribution in [0.15, 0.2) is 24.3 Å². The third-order valence-electron chi connectivity index (χ3n) is 4.15. The molecule has 1 heterocycles. The zero-order valence-corrected chi connectivity index (χ0v) is 12.4. The molecule has 0 aromatic heterocycles. The molecule has 3 N–H and O–H groups in total. The Balaban J connectivity index is 1.86. The van der Waals surface area contributed by atoms with E-state index in [0.29, 0.717) is 17.5 Å². The molecule has 4 nitrogen and oxygen atoms in total. The summed E-state index contributed by atoms with van der Waals surface area (Å²) < 4.78 is 0. The second-order valence-electron chi connectivity index (χ2n) is 5.86. The zero-order valence-electron chi connectivity index (χ0n) is 12.4. The topological polar surface area (TPSA) is 58.4 Å². The lowest BCUT2D eigenvalue weighted by Crippen LogP contribution is -2.39. The number of rotatable bonds is 5. The van der Waals surface area contributed by atoms with Gasteiger partial charge in [-0.2, -0.15) is 0 Å². The maximum atomic E-state index is 11.4. The summed E-state index contributed by atoms with van der Waals surface area (Å²) in [4.78, 5) is 13.9. The van der Waals surface area contributed by atoms with Crippen molar-refractivity contribution in [1.82, 2.24) is 4.90 Å². The van der Waals surface area contributed by atoms with Crippen molar-refractivity contribution in [3.8, 4) is 0 Å². The molecule has 0 unspecified atom stereocenters. The molecule has 0 spiro atoms. The maximum Gasteiger partial charge on any atom is 0.250 e. The summed E-state index contributed by atoms with van der Waals surface area (Å²) in [6, 6.07) is 8.09. The van der Waals surface area contributed by atoms with E-state index in [0.717, 1.165) is 12.2 Å². The molecule has 110 valence electrons. The lowest BCUT2D eigenvalue weighted by molar-refractivity contribution is 0.100. The first-order valence-electron chi connectivity index (χ1n) is 7.44. The van der Waals surface area contributed by atoms with E-state index >= 15 is 0 Å². The molecule has 20 heavy (non-hydrogen) atoms. The number of carbonyl (C=O) groups excluding carboxylic acids is 1. The number of amides is 1. The van der Waals surface area contributed by atoms with Gasteiger partial charge in [-0.3, -0.25) is 4.79 Å². The zero-order chi connectivity index (χ0) is 14.5. The number of carbonyl (C=O) groups is 1. The van der Waals surface area contributed by atoms with E-state index in [1.807, 2.05) is 18.2 Å². The van der Waals surface area contributed by atoms with Crippen LogP contribution >= 0.6 is 0 Å². The van der Waals surface area contributed by atoms with Crippen LogP contribution in [0.2, 0.25) is 0 Å². The Kier molecular flexibility index (Phi) is 5.01. The van der Waals surface area contributed by atoms with Gasteiger partial charge in [0.15, 0.2) is 0 Å². The van der Waals surface area contributed by atoms with Crippen molar-refractivity contribution in [3.63, 3.8) is 0 Å². The number of hydrogen-bond acceptors (Lipinski definition) is 3. The first-order valence-corrected chi connectivity index (χ1v) is 7.44. The highest BCUT2D eigenvalue weighted by Crippen LogP contribution is 2.21. The second-order valence-corrected chi connectivity index (χ2v) is 5.86. The molecule has 1 aliphatic heterocycles. The lowest BCUT2D eigenvalue weighted by atomic mass is 9.95. The normalized spacial score (nSPS) is 17.4. The molecule has 0 radical (unpaired) electrons. The number of nitrogens with zero attached hydrogens (tertiary/aromatic N) is 1. The van der Waals surface area contributed by atoms with Crippen molar-refractivity contribution in [3.05, 3.63) is 29.8 Å². The van der Waals surface area contributed by atoms with Gasteiger partial charge in [0.05, 0.1) is 5.56 Å². The third kappa shape index (κ3) is 3.73. The van der Waals surface area contributed by atoms with E-state index in [2.05, 4.69) is 24.1 Å². The molecule has 0 aliphatic carbocycles. The highest BCUT2D eigenvalue weighted by molar-refractivity contribution is 5.98. The Hall–Kier alpha value is -1.55. The average Bonchev–Trinajstić information content (AvgIpc) is 2.45. The molecular formula is C16H25N3O. The molecule has 2 rings (SSSR count). The van der Waals surface area contributed by atoms with Gasteiger partial charge in [0.25, 0.3) is 5.91 Å². The van der Waals surface area contributed by atoms with Crippen LogP contribution in [0.25, 0.3) is 0 Å². The van der Waals surface area contributed by atoms with E-state index in [4.69, 9.17) is 5.73 Å². The van der Waals surface area contributed by atoms with Gasteiger partial charge in [0.1, 0.15) is 0 Å². The molecule has 0 atom stereocenters. The number of hydrogen-bond donors (Lipinski definition) is 2. The Morgan fingerprint density at radius 1 is 1.35 bits per heavy atom. The van der Waals surface area contributed by atoms with Crippen molar-refractivity contribution < 1.29 is 4.79 Å². The first kappa shape index (κ1) is 14.9. The fraction of sp³-hybridized carbons (Fsp3) is 0.562. The van der Waals surface area contributed by atoms with Gasteiger partial charge >= 0.3 is 0 Å². The van der Waals surface area contributed by atoms with Gasteiger partial charge in [-0.15, -0.1) is 0 Å². The molecule has 4 heteroatoms. The molecule has 1 aliphatic rings. The smallest absolute Gasteiger partial charge is 0.250 e. The van der Waals surface area contributed by atoms with Crippen LogP contribution < -0.4 is 11.1 Å². The summed E-state index contributed by atoms with van der Waals surface area (Å²) in [5.41, 5.74) is 6.82. The molecule has 1 fully saturated rings. The third-order valence-corrected chi connectivity index (χ3v) is 4.15. The van der Waals surface area contributed by atoms with E-state index in [9.17, 15) is 4.79 Å². The van der Waals surface area contributed by atoms with Crippen molar-refractivity contribution in [2.75, 3.05) is 25.0 Å². The number of primary amides is 1. The van der Waals surface area contributed by atoms with Crippen molar-refractivity contribution in [2.24, 2.45) is 11.7 Å². The molecule has 0 bridgehead atoms. The van der Waals surface area contributed by atoms with Crippen molar-refractivity contribution in [1.29, 1.82) is 0 Å². The van der Waals surface area contributed by atoms with Crippen LogP contribution in [-0.4, -0.2) is 36.5 Å². The van der Waals surface area contributed by atoms with Gasteiger partial charge in [0.2, 0.25) is 0 Å². The molecule has 1 aromatic carbocycles. The highest BCUT2D eigenvalue weighted by Gasteiger charge is 2.20. The molecule has 0 saturated carbocycles. The SMILES string of the molecule is CC(C)N1CCC(CNc2ccccc2C(N)=O)CC1. The van der Waals surface area contributed by atoms with Crippen LogP contribution in [0.3, 0.4) is 0 Å². The lowest BCUT2D eigenvalue weighted by Gasteiger charge is -2.34. The summed E-state index contributed by atoms with van der Waals surface area (Å²) in [6.07, 6.45) is 2.42. The second kappa shape index (κ2) is 6.75. The summed E-state index contributed by atoms with van der Waals surface area (Å²) >= 11 is 0. The fourth-order valence-corrected chi connectivity index (χ4v) is 2.78. The van der Waals surface area contributed by atoms with E-state index < -0.39 is 0 Å². The number of likely N-dealkylation sites (tertiary alicyclic amines) is 1. The minimum absolute atomic E-state index is 0.372. The fourth-order valence-electron chi connectivity index (χ4n) is 2.78. The quantitative estimate of drug-likeness (QED) is 0.867. The number of piperidine rings is 1. The maximum absolute atomic E-state index is 11.4. The average molecular weight is 275 g/mol. The molecule has 1 aromatic rings. The summed E-state index contributed by atoms with van der Waals surface area (Å²) in [7, 11) is 0. The Morgan fingerprint density at radius 2 is 2.00 bits per heavy atom. The first-order chi connectivity index (χ1) is 9.58. The molecule has 1 amide bonds. The Labute approximate surface area is 121 Å². The van der Waals surface area contributed by atoms with Crippen LogP contribution in [0, 0.1) is 5.92 Å². The minimum Gasteiger partial charge on any atom is -0.384 e. The Morgan fingerprint density at radius 3 is 2.60 bits per heavy atom. The van der Waals surface area contributed by atoms with Crippen molar-refractivity contribution in [2.45, 2.75) is 32.7 Å². The standard InChI is InChI=1S/C16H25N3O/c1-12(2)19-9-7-13(8-10-19)11-18-15-6-4-3-5-14(15)16(17)20/h3-6,12-13,18H,7-11H2,1-2H3,(H2,17,20). The van der Waals surface area contributed by atoms with Crippen molar-refractivity contribution >= 4 is 11.6 Å². The predicted molar refractivity (Wildman–Crippen MR) is 82.9 cm³/mol. The van der Waals surface area contributed by atoms with Gasteiger partial charge < -0.3 is 16.0 Å². The monoisotopic (exact) mass is 275 g/mol. The van der Waals surface area contributed by atoms with Gasteiger partial charge in [-0.1, -0.05) is 12.1 Å². The summed E-state index contributed by atoms with van der Waals surface area (Å²) in [5.74, 6) is 0.300. The van der Waals surface area contributed by atoms with Gasteiger partial charge in [-0.25, -0.2) is 0 Å². The van der Waals surface area contributed by atoms with E-state index in [1.165, 1.54) is 25.9 Å². The van der Waals surface area contributed by atoms with Gasteiger partial charge in [-0.05, 0) is 57.8 Å². The molecule has 1 saturated heterocycles. The highest BCUT2D eigenvalue weighted by atomic mass is 16.1. The van der Waals surface area contributed by atoms with Crippen LogP contribution in [-0.2, 0) is 0 Å². The number of para-hydroxylation sites is 1. The predicted octanol–water partition coefficient (Wildman–Crippen LogP) is 2.32. The van der Waals surface area contributed by atoms with E-state index in [-0.39, 0.29) is 5.91 Å². The van der Waals surface area contributed by atoms with E-state index in [1.54, 1.807) is 6.07 Å². The van der Waals surface area contributed by atoms with Gasteiger partial charge in [0, 0.05) is 18.3 Å².